The number of hydrogen-bond donors (Lipinski definition) is 1. The zero-order valence-corrected chi connectivity index (χ0v) is 13.3. The Hall–Kier alpha value is -1.07. The lowest BCUT2D eigenvalue weighted by Gasteiger charge is -2.24. The summed E-state index contributed by atoms with van der Waals surface area (Å²) >= 11 is 23.3. The zero-order valence-electron chi connectivity index (χ0n) is 10.2. The van der Waals surface area contributed by atoms with Crippen LogP contribution in [0.1, 0.15) is 5.56 Å². The minimum atomic E-state index is 0.175. The predicted octanol–water partition coefficient (Wildman–Crippen LogP) is 4.29. The summed E-state index contributed by atoms with van der Waals surface area (Å²) in [6.07, 6.45) is 1.61. The largest absolute Gasteiger partial charge is 0.376 e. The molecule has 0 fully saturated rings. The number of nitrogens with two attached hydrogens (primary N) is 1. The number of benzene rings is 1. The van der Waals surface area contributed by atoms with Crippen molar-refractivity contribution >= 4 is 57.8 Å². The smallest absolute Gasteiger partial charge is 0.171 e. The molecule has 1 heterocycles. The SMILES string of the molecule is NC(=S)N(Cc1cccnc1Cl)c1cccc(Cl)c1Cl. The highest BCUT2D eigenvalue weighted by molar-refractivity contribution is 7.80. The summed E-state index contributed by atoms with van der Waals surface area (Å²) < 4.78 is 0. The van der Waals surface area contributed by atoms with Gasteiger partial charge in [0.1, 0.15) is 5.15 Å². The van der Waals surface area contributed by atoms with Crippen molar-refractivity contribution in [3.05, 3.63) is 57.3 Å². The van der Waals surface area contributed by atoms with Crippen LogP contribution in [0.4, 0.5) is 5.69 Å². The first kappa shape index (κ1) is 15.3. The van der Waals surface area contributed by atoms with Gasteiger partial charge >= 0.3 is 0 Å². The van der Waals surface area contributed by atoms with E-state index in [0.717, 1.165) is 5.56 Å². The maximum absolute atomic E-state index is 6.20. The van der Waals surface area contributed by atoms with Gasteiger partial charge in [-0.1, -0.05) is 46.9 Å². The quantitative estimate of drug-likeness (QED) is 0.665. The van der Waals surface area contributed by atoms with E-state index >= 15 is 0 Å². The molecule has 1 aromatic carbocycles. The fourth-order valence-electron chi connectivity index (χ4n) is 1.69. The van der Waals surface area contributed by atoms with Crippen LogP contribution in [0.2, 0.25) is 15.2 Å². The Labute approximate surface area is 137 Å². The highest BCUT2D eigenvalue weighted by Gasteiger charge is 2.16. The fraction of sp³-hybridized carbons (Fsp3) is 0.0769. The lowest BCUT2D eigenvalue weighted by Crippen LogP contribution is -2.35. The Morgan fingerprint density at radius 2 is 1.95 bits per heavy atom. The topological polar surface area (TPSA) is 42.1 Å². The first-order chi connectivity index (χ1) is 9.50. The van der Waals surface area contributed by atoms with Crippen LogP contribution < -0.4 is 10.6 Å². The molecule has 7 heteroatoms. The van der Waals surface area contributed by atoms with Crippen LogP contribution in [0.3, 0.4) is 0 Å². The number of thiocarbonyl (C=S) groups is 1. The maximum Gasteiger partial charge on any atom is 0.171 e. The Balaban J connectivity index is 2.40. The van der Waals surface area contributed by atoms with Gasteiger partial charge in [-0.05, 0) is 30.4 Å². The van der Waals surface area contributed by atoms with E-state index in [2.05, 4.69) is 4.98 Å². The molecule has 2 rings (SSSR count). The number of hydrogen-bond acceptors (Lipinski definition) is 2. The van der Waals surface area contributed by atoms with Gasteiger partial charge in [0, 0.05) is 11.8 Å². The number of nitrogens with zero attached hydrogens (tertiary/aromatic N) is 2. The van der Waals surface area contributed by atoms with Gasteiger partial charge in [0.15, 0.2) is 5.11 Å². The molecule has 0 saturated carbocycles. The van der Waals surface area contributed by atoms with Crippen molar-refractivity contribution in [2.45, 2.75) is 6.54 Å². The van der Waals surface area contributed by atoms with Crippen molar-refractivity contribution < 1.29 is 0 Å². The summed E-state index contributed by atoms with van der Waals surface area (Å²) in [6.45, 7) is 0.363. The van der Waals surface area contributed by atoms with E-state index in [1.807, 2.05) is 6.07 Å². The highest BCUT2D eigenvalue weighted by atomic mass is 35.5. The molecule has 1 aromatic heterocycles. The van der Waals surface area contributed by atoms with Crippen LogP contribution in [0, 0.1) is 0 Å². The van der Waals surface area contributed by atoms with E-state index in [1.54, 1.807) is 35.4 Å². The normalized spacial score (nSPS) is 10.3. The molecule has 2 aromatic rings. The van der Waals surface area contributed by atoms with Gasteiger partial charge in [0.05, 0.1) is 22.3 Å². The van der Waals surface area contributed by atoms with E-state index < -0.39 is 0 Å². The molecule has 104 valence electrons. The van der Waals surface area contributed by atoms with E-state index in [4.69, 9.17) is 52.8 Å². The second-order valence-electron chi connectivity index (χ2n) is 3.95. The summed E-state index contributed by atoms with van der Waals surface area (Å²) in [5.74, 6) is 0. The Kier molecular flexibility index (Phi) is 5.05. The number of anilines is 1. The number of aromatic nitrogens is 1. The zero-order chi connectivity index (χ0) is 14.7. The molecule has 0 aliphatic rings. The van der Waals surface area contributed by atoms with E-state index in [9.17, 15) is 0 Å². The first-order valence-electron chi connectivity index (χ1n) is 5.61. The average Bonchev–Trinajstić information content (AvgIpc) is 2.41. The Bertz CT molecular complexity index is 649. The molecule has 0 radical (unpaired) electrons. The second-order valence-corrected chi connectivity index (χ2v) is 5.51. The molecule has 0 saturated heterocycles. The van der Waals surface area contributed by atoms with Gasteiger partial charge < -0.3 is 10.6 Å². The maximum atomic E-state index is 6.20. The third-order valence-corrected chi connectivity index (χ3v) is 4.02. The Morgan fingerprint density at radius 3 is 2.60 bits per heavy atom. The summed E-state index contributed by atoms with van der Waals surface area (Å²) in [4.78, 5) is 5.68. The minimum Gasteiger partial charge on any atom is -0.376 e. The molecule has 0 atom stereocenters. The summed E-state index contributed by atoms with van der Waals surface area (Å²) in [7, 11) is 0. The molecular formula is C13H10Cl3N3S. The molecule has 0 aliphatic heterocycles. The standard InChI is InChI=1S/C13H10Cl3N3S/c14-9-4-1-5-10(11(9)15)19(13(17)20)7-8-3-2-6-18-12(8)16/h1-6H,7H2,(H2,17,20). The monoisotopic (exact) mass is 345 g/mol. The number of halogens is 3. The van der Waals surface area contributed by atoms with Crippen LogP contribution >= 0.6 is 47.0 Å². The van der Waals surface area contributed by atoms with Crippen molar-refractivity contribution in [1.82, 2.24) is 4.98 Å². The number of pyridine rings is 1. The first-order valence-corrected chi connectivity index (χ1v) is 7.15. The molecule has 0 amide bonds. The van der Waals surface area contributed by atoms with Gasteiger partial charge in [-0.3, -0.25) is 0 Å². The molecule has 0 spiro atoms. The third kappa shape index (κ3) is 3.33. The lowest BCUT2D eigenvalue weighted by atomic mass is 10.2. The fourth-order valence-corrected chi connectivity index (χ4v) is 2.43. The van der Waals surface area contributed by atoms with Gasteiger partial charge in [0.25, 0.3) is 0 Å². The molecule has 20 heavy (non-hydrogen) atoms. The molecule has 0 unspecified atom stereocenters. The second kappa shape index (κ2) is 6.59. The Morgan fingerprint density at radius 1 is 1.20 bits per heavy atom. The van der Waals surface area contributed by atoms with E-state index in [0.29, 0.717) is 27.4 Å². The van der Waals surface area contributed by atoms with Crippen molar-refractivity contribution in [2.75, 3.05) is 4.90 Å². The van der Waals surface area contributed by atoms with Crippen LogP contribution in [-0.4, -0.2) is 10.1 Å². The van der Waals surface area contributed by atoms with Gasteiger partial charge in [-0.2, -0.15) is 0 Å². The average molecular weight is 347 g/mol. The molecular weight excluding hydrogens is 337 g/mol. The van der Waals surface area contributed by atoms with Crippen LogP contribution in [0.15, 0.2) is 36.5 Å². The van der Waals surface area contributed by atoms with Crippen LogP contribution in [-0.2, 0) is 6.54 Å². The van der Waals surface area contributed by atoms with Gasteiger partial charge in [0.2, 0.25) is 0 Å². The summed E-state index contributed by atoms with van der Waals surface area (Å²) in [5, 5.41) is 1.39. The molecule has 3 nitrogen and oxygen atoms in total. The van der Waals surface area contributed by atoms with Crippen molar-refractivity contribution in [2.24, 2.45) is 5.73 Å². The van der Waals surface area contributed by atoms with Gasteiger partial charge in [-0.15, -0.1) is 0 Å². The van der Waals surface area contributed by atoms with Crippen molar-refractivity contribution in [3.8, 4) is 0 Å². The van der Waals surface area contributed by atoms with E-state index in [-0.39, 0.29) is 5.11 Å². The molecule has 0 bridgehead atoms. The minimum absolute atomic E-state index is 0.175. The van der Waals surface area contributed by atoms with Gasteiger partial charge in [-0.25, -0.2) is 4.98 Å². The summed E-state index contributed by atoms with van der Waals surface area (Å²) in [5.41, 5.74) is 7.20. The lowest BCUT2D eigenvalue weighted by molar-refractivity contribution is 0.995. The van der Waals surface area contributed by atoms with E-state index in [1.165, 1.54) is 0 Å². The third-order valence-electron chi connectivity index (χ3n) is 2.65. The highest BCUT2D eigenvalue weighted by Crippen LogP contribution is 2.33. The molecule has 2 N–H and O–H groups in total. The van der Waals surface area contributed by atoms with Crippen molar-refractivity contribution in [1.29, 1.82) is 0 Å². The predicted molar refractivity (Wildman–Crippen MR) is 88.7 cm³/mol. The van der Waals surface area contributed by atoms with Crippen LogP contribution in [0.5, 0.6) is 0 Å². The van der Waals surface area contributed by atoms with Crippen molar-refractivity contribution in [3.63, 3.8) is 0 Å². The number of rotatable bonds is 3. The summed E-state index contributed by atoms with van der Waals surface area (Å²) in [6, 6.07) is 8.90. The van der Waals surface area contributed by atoms with Crippen LogP contribution in [0.25, 0.3) is 0 Å². The molecule has 0 aliphatic carbocycles.